The number of fused-ring (bicyclic) bond motifs is 3. The van der Waals surface area contributed by atoms with Crippen molar-refractivity contribution in [1.29, 1.82) is 0 Å². The van der Waals surface area contributed by atoms with Gasteiger partial charge in [-0.2, -0.15) is 0 Å². The molecule has 0 spiro atoms. The summed E-state index contributed by atoms with van der Waals surface area (Å²) in [6.07, 6.45) is 5.28. The Morgan fingerprint density at radius 3 is 2.42 bits per heavy atom. The van der Waals surface area contributed by atoms with E-state index in [-0.39, 0.29) is 22.8 Å². The highest BCUT2D eigenvalue weighted by atomic mass is 32.2. The number of hydrogen-bond donors (Lipinski definition) is 2. The first-order valence-electron chi connectivity index (χ1n) is 12.2. The second-order valence-electron chi connectivity index (χ2n) is 9.71. The van der Waals surface area contributed by atoms with Crippen LogP contribution in [0, 0.1) is 5.92 Å². The van der Waals surface area contributed by atoms with E-state index in [4.69, 9.17) is 9.47 Å². The molecule has 7 heteroatoms. The second kappa shape index (κ2) is 9.54. The average Bonchev–Trinajstić information content (AvgIpc) is 3.38. The third-order valence-electron chi connectivity index (χ3n) is 7.25. The van der Waals surface area contributed by atoms with Gasteiger partial charge in [0.25, 0.3) is 10.0 Å². The number of hydrogen-bond acceptors (Lipinski definition) is 5. The lowest BCUT2D eigenvalue weighted by atomic mass is 9.77. The van der Waals surface area contributed by atoms with E-state index in [1.165, 1.54) is 5.56 Å². The molecule has 3 aromatic carbocycles. The van der Waals surface area contributed by atoms with Gasteiger partial charge < -0.3 is 14.8 Å². The van der Waals surface area contributed by atoms with Gasteiger partial charge in [-0.25, -0.2) is 8.42 Å². The van der Waals surface area contributed by atoms with Gasteiger partial charge in [0.1, 0.15) is 11.5 Å². The Bertz CT molecular complexity index is 1400. The van der Waals surface area contributed by atoms with Crippen molar-refractivity contribution in [1.82, 2.24) is 0 Å². The Labute approximate surface area is 213 Å². The van der Waals surface area contributed by atoms with Crippen LogP contribution in [0.2, 0.25) is 0 Å². The van der Waals surface area contributed by atoms with Crippen LogP contribution in [0.5, 0.6) is 11.5 Å². The van der Waals surface area contributed by atoms with E-state index < -0.39 is 10.0 Å². The molecule has 3 atom stereocenters. The molecule has 5 rings (SSSR count). The summed E-state index contributed by atoms with van der Waals surface area (Å²) in [6, 6.07) is 18.8. The third kappa shape index (κ3) is 4.44. The van der Waals surface area contributed by atoms with Crippen molar-refractivity contribution in [2.24, 2.45) is 5.92 Å². The molecule has 36 heavy (non-hydrogen) atoms. The first-order valence-corrected chi connectivity index (χ1v) is 13.7. The highest BCUT2D eigenvalue weighted by Crippen LogP contribution is 2.51. The number of sulfonamides is 1. The minimum absolute atomic E-state index is 0.0263. The monoisotopic (exact) mass is 504 g/mol. The fourth-order valence-electron chi connectivity index (χ4n) is 5.27. The summed E-state index contributed by atoms with van der Waals surface area (Å²) >= 11 is 0. The molecule has 3 aromatic rings. The fraction of sp³-hybridized carbons (Fsp3) is 0.310. The summed E-state index contributed by atoms with van der Waals surface area (Å²) in [5, 5.41) is 3.67. The molecule has 188 valence electrons. The molecule has 0 fully saturated rings. The first-order chi connectivity index (χ1) is 17.3. The third-order valence-corrected chi connectivity index (χ3v) is 8.63. The summed E-state index contributed by atoms with van der Waals surface area (Å²) in [6.45, 7) is 4.22. The van der Waals surface area contributed by atoms with Crippen LogP contribution in [-0.4, -0.2) is 22.6 Å². The lowest BCUT2D eigenvalue weighted by molar-refractivity contribution is 0.372. The lowest BCUT2D eigenvalue weighted by Crippen LogP contribution is -2.29. The highest BCUT2D eigenvalue weighted by molar-refractivity contribution is 7.92. The van der Waals surface area contributed by atoms with Gasteiger partial charge in [0.2, 0.25) is 0 Å². The summed E-state index contributed by atoms with van der Waals surface area (Å²) in [4.78, 5) is 0.260. The van der Waals surface area contributed by atoms with Crippen molar-refractivity contribution in [2.45, 2.75) is 43.0 Å². The number of methoxy groups -OCH3 is 2. The van der Waals surface area contributed by atoms with Crippen LogP contribution in [0.4, 0.5) is 11.4 Å². The Morgan fingerprint density at radius 1 is 0.944 bits per heavy atom. The van der Waals surface area contributed by atoms with E-state index in [1.807, 2.05) is 54.6 Å². The van der Waals surface area contributed by atoms with Crippen LogP contribution in [0.1, 0.15) is 54.8 Å². The average molecular weight is 505 g/mol. The summed E-state index contributed by atoms with van der Waals surface area (Å²) in [7, 11) is -0.421. The molecular weight excluding hydrogens is 472 g/mol. The Kier molecular flexibility index (Phi) is 6.43. The van der Waals surface area contributed by atoms with Crippen LogP contribution in [0.25, 0.3) is 0 Å². The minimum atomic E-state index is -3.73. The van der Waals surface area contributed by atoms with Crippen LogP contribution >= 0.6 is 0 Å². The van der Waals surface area contributed by atoms with Crippen LogP contribution in [0.3, 0.4) is 0 Å². The molecule has 2 N–H and O–H groups in total. The van der Waals surface area contributed by atoms with E-state index in [0.717, 1.165) is 34.7 Å². The number of rotatable bonds is 7. The van der Waals surface area contributed by atoms with E-state index in [1.54, 1.807) is 20.3 Å². The van der Waals surface area contributed by atoms with Gasteiger partial charge in [-0.15, -0.1) is 0 Å². The molecule has 0 aromatic heterocycles. The zero-order valence-electron chi connectivity index (χ0n) is 21.0. The van der Waals surface area contributed by atoms with Gasteiger partial charge in [-0.3, -0.25) is 4.72 Å². The van der Waals surface area contributed by atoms with Crippen LogP contribution in [-0.2, 0) is 10.0 Å². The maximum atomic E-state index is 13.3. The number of anilines is 2. The molecule has 0 unspecified atom stereocenters. The minimum Gasteiger partial charge on any atom is -0.497 e. The van der Waals surface area contributed by atoms with Crippen molar-refractivity contribution >= 4 is 21.4 Å². The predicted octanol–water partition coefficient (Wildman–Crippen LogP) is 6.45. The molecule has 0 saturated heterocycles. The van der Waals surface area contributed by atoms with E-state index in [9.17, 15) is 8.42 Å². The molecule has 1 aliphatic carbocycles. The largest absolute Gasteiger partial charge is 0.497 e. The van der Waals surface area contributed by atoms with Crippen molar-refractivity contribution in [3.05, 3.63) is 89.5 Å². The van der Waals surface area contributed by atoms with Gasteiger partial charge in [0.15, 0.2) is 0 Å². The second-order valence-corrected chi connectivity index (χ2v) is 11.4. The Morgan fingerprint density at radius 2 is 1.72 bits per heavy atom. The van der Waals surface area contributed by atoms with Gasteiger partial charge >= 0.3 is 0 Å². The Hall–Kier alpha value is -3.45. The van der Waals surface area contributed by atoms with Crippen LogP contribution < -0.4 is 19.5 Å². The molecule has 6 nitrogen and oxygen atoms in total. The van der Waals surface area contributed by atoms with Crippen molar-refractivity contribution in [3.63, 3.8) is 0 Å². The van der Waals surface area contributed by atoms with Crippen molar-refractivity contribution in [3.8, 4) is 11.5 Å². The molecule has 1 aliphatic heterocycles. The smallest absolute Gasteiger partial charge is 0.261 e. The van der Waals surface area contributed by atoms with Gasteiger partial charge in [0.05, 0.1) is 25.2 Å². The molecular formula is C29H32N2O4S. The zero-order chi connectivity index (χ0) is 25.4. The predicted molar refractivity (Wildman–Crippen MR) is 144 cm³/mol. The fourth-order valence-corrected chi connectivity index (χ4v) is 6.37. The van der Waals surface area contributed by atoms with Gasteiger partial charge in [0, 0.05) is 28.9 Å². The van der Waals surface area contributed by atoms with Crippen molar-refractivity contribution in [2.75, 3.05) is 24.3 Å². The highest BCUT2D eigenvalue weighted by Gasteiger charge is 2.39. The Balaban J connectivity index is 1.45. The van der Waals surface area contributed by atoms with Crippen molar-refractivity contribution < 1.29 is 17.9 Å². The van der Waals surface area contributed by atoms with Crippen LogP contribution in [0.15, 0.2) is 77.7 Å². The van der Waals surface area contributed by atoms with Gasteiger partial charge in [-0.1, -0.05) is 38.1 Å². The maximum absolute atomic E-state index is 13.3. The summed E-state index contributed by atoms with van der Waals surface area (Å²) in [5.41, 5.74) is 4.72. The number of ether oxygens (including phenoxy) is 2. The zero-order valence-corrected chi connectivity index (χ0v) is 21.8. The molecule has 0 saturated carbocycles. The lowest BCUT2D eigenvalue weighted by Gasteiger charge is -2.38. The SMILES string of the molecule is COc1ccc([C@H]2Nc3ccc(S(=O)(=O)Nc4ccc(C(C)C)cc4)cc3[C@H]3C=CC[C@H]32)c(OC)c1. The maximum Gasteiger partial charge on any atom is 0.261 e. The topological polar surface area (TPSA) is 76.7 Å². The number of allylic oxidation sites excluding steroid dienone is 2. The van der Waals surface area contributed by atoms with Gasteiger partial charge in [-0.05, 0) is 71.8 Å². The van der Waals surface area contributed by atoms with E-state index >= 15 is 0 Å². The normalized spacial score (nSPS) is 20.4. The van der Waals surface area contributed by atoms with E-state index in [0.29, 0.717) is 11.6 Å². The summed E-state index contributed by atoms with van der Waals surface area (Å²) < 4.78 is 40.3. The summed E-state index contributed by atoms with van der Waals surface area (Å²) in [5.74, 6) is 2.26. The first kappa shape index (κ1) is 24.3. The number of nitrogens with one attached hydrogen (secondary N) is 2. The molecule has 0 amide bonds. The van der Waals surface area contributed by atoms with E-state index in [2.05, 4.69) is 36.0 Å². The molecule has 2 aliphatic rings. The standard InChI is InChI=1S/C29H32N2O4S/c1-18(2)19-8-10-20(11-9-19)31-36(32,33)22-13-15-27-26(17-22)23-6-5-7-24(23)29(30-27)25-14-12-21(34-3)16-28(25)35-4/h5-6,8-18,23-24,29-31H,7H2,1-4H3/t23-,24+,29-/m0/s1. The quantitative estimate of drug-likeness (QED) is 0.362. The molecule has 1 heterocycles. The number of benzene rings is 3. The molecule has 0 bridgehead atoms. The molecule has 0 radical (unpaired) electrons.